The molecule has 10 nitrogen and oxygen atoms in total. The normalized spacial score (nSPS) is 14.3. The van der Waals surface area contributed by atoms with Crippen molar-refractivity contribution in [3.05, 3.63) is 108 Å². The molecule has 3 heterocycles. The zero-order valence-corrected chi connectivity index (χ0v) is 25.3. The number of ketones is 1. The van der Waals surface area contributed by atoms with Crippen molar-refractivity contribution in [2.75, 3.05) is 37.0 Å². The first-order valence-electron chi connectivity index (χ1n) is 14.3. The molecule has 45 heavy (non-hydrogen) atoms. The minimum Gasteiger partial charge on any atom is -0.495 e. The smallest absolute Gasteiger partial charge is 0.254 e. The van der Waals surface area contributed by atoms with Crippen LogP contribution >= 0.6 is 0 Å². The molecule has 1 aliphatic heterocycles. The van der Waals surface area contributed by atoms with E-state index >= 15 is 0 Å². The van der Waals surface area contributed by atoms with Crippen molar-refractivity contribution in [1.29, 1.82) is 0 Å². The summed E-state index contributed by atoms with van der Waals surface area (Å²) < 4.78 is 43.8. The fourth-order valence-corrected chi connectivity index (χ4v) is 6.39. The molecule has 1 saturated heterocycles. The minimum absolute atomic E-state index is 0.0386. The highest BCUT2D eigenvalue weighted by molar-refractivity contribution is 7.91. The first-order chi connectivity index (χ1) is 21.7. The number of carbonyl (C=O) groups excluding carboxylic acids is 2. The Bertz CT molecular complexity index is 1980. The number of rotatable bonds is 9. The van der Waals surface area contributed by atoms with E-state index in [4.69, 9.17) is 4.74 Å². The number of nitrogens with one attached hydrogen (secondary N) is 1. The van der Waals surface area contributed by atoms with Crippen LogP contribution in [-0.4, -0.2) is 71.3 Å². The van der Waals surface area contributed by atoms with Gasteiger partial charge < -0.3 is 15.0 Å². The largest absolute Gasteiger partial charge is 0.495 e. The van der Waals surface area contributed by atoms with Crippen LogP contribution in [0.5, 0.6) is 5.75 Å². The number of Topliss-reactive ketones (excluding diaryl/α,β-unsaturated/α-hetero) is 1. The summed E-state index contributed by atoms with van der Waals surface area (Å²) in [5.41, 5.74) is 5.12. The van der Waals surface area contributed by atoms with Crippen LogP contribution in [-0.2, 0) is 27.5 Å². The number of sulfone groups is 1. The van der Waals surface area contributed by atoms with Gasteiger partial charge in [-0.3, -0.25) is 9.59 Å². The number of pyridine rings is 1. The molecule has 0 radical (unpaired) electrons. The molecular formula is C33H30FN5O5S. The van der Waals surface area contributed by atoms with Crippen LogP contribution in [0.3, 0.4) is 0 Å². The number of methoxy groups -OCH3 is 1. The summed E-state index contributed by atoms with van der Waals surface area (Å²) >= 11 is 0. The van der Waals surface area contributed by atoms with E-state index in [0.29, 0.717) is 28.6 Å². The Morgan fingerprint density at radius 2 is 1.53 bits per heavy atom. The maximum absolute atomic E-state index is 13.1. The fourth-order valence-electron chi connectivity index (χ4n) is 5.19. The summed E-state index contributed by atoms with van der Waals surface area (Å²) in [5, 5.41) is 7.71. The van der Waals surface area contributed by atoms with Gasteiger partial charge in [0.1, 0.15) is 17.3 Å². The average molecular weight is 628 g/mol. The second-order valence-corrected chi connectivity index (χ2v) is 13.2. The summed E-state index contributed by atoms with van der Waals surface area (Å²) in [5.74, 6) is 0.151. The predicted molar refractivity (Wildman–Crippen MR) is 168 cm³/mol. The quantitative estimate of drug-likeness (QED) is 0.253. The average Bonchev–Trinajstić information content (AvgIpc) is 3.44. The van der Waals surface area contributed by atoms with Gasteiger partial charge in [0.15, 0.2) is 15.5 Å². The second kappa shape index (κ2) is 12.5. The molecular weight excluding hydrogens is 597 g/mol. The summed E-state index contributed by atoms with van der Waals surface area (Å²) in [6.45, 7) is 0.332. The van der Waals surface area contributed by atoms with Gasteiger partial charge in [-0.15, -0.1) is 5.10 Å². The number of carbonyl (C=O) groups is 2. The maximum atomic E-state index is 13.1. The number of anilines is 2. The Morgan fingerprint density at radius 1 is 0.889 bits per heavy atom. The molecule has 12 heteroatoms. The zero-order valence-electron chi connectivity index (χ0n) is 24.4. The van der Waals surface area contributed by atoms with E-state index in [-0.39, 0.29) is 54.9 Å². The van der Waals surface area contributed by atoms with Crippen LogP contribution in [0.1, 0.15) is 21.5 Å². The highest BCUT2D eigenvalue weighted by Gasteiger charge is 2.26. The number of aromatic nitrogens is 3. The number of halogens is 1. The van der Waals surface area contributed by atoms with Gasteiger partial charge in [-0.25, -0.2) is 17.3 Å². The molecule has 0 atom stereocenters. The third-order valence-electron chi connectivity index (χ3n) is 7.66. The van der Waals surface area contributed by atoms with Crippen molar-refractivity contribution in [1.82, 2.24) is 19.5 Å². The van der Waals surface area contributed by atoms with Crippen molar-refractivity contribution in [3.8, 4) is 16.9 Å². The van der Waals surface area contributed by atoms with Gasteiger partial charge >= 0.3 is 0 Å². The zero-order chi connectivity index (χ0) is 31.6. The molecule has 5 aromatic rings. The lowest BCUT2D eigenvalue weighted by molar-refractivity contribution is -0.117. The van der Waals surface area contributed by atoms with Gasteiger partial charge in [0.25, 0.3) is 5.91 Å². The molecule has 1 N–H and O–H groups in total. The van der Waals surface area contributed by atoms with Crippen LogP contribution in [0, 0.1) is 5.82 Å². The van der Waals surface area contributed by atoms with E-state index in [0.717, 1.165) is 22.3 Å². The Morgan fingerprint density at radius 3 is 2.20 bits per heavy atom. The molecule has 2 aromatic heterocycles. The van der Waals surface area contributed by atoms with Crippen molar-refractivity contribution in [3.63, 3.8) is 0 Å². The van der Waals surface area contributed by atoms with Gasteiger partial charge in [-0.1, -0.05) is 36.4 Å². The van der Waals surface area contributed by atoms with Gasteiger partial charge in [-0.05, 0) is 59.2 Å². The summed E-state index contributed by atoms with van der Waals surface area (Å²) in [6.07, 6.45) is 2.40. The molecule has 6 rings (SSSR count). The van der Waals surface area contributed by atoms with E-state index in [1.54, 1.807) is 34.8 Å². The van der Waals surface area contributed by atoms with Gasteiger partial charge in [0.05, 0.1) is 24.3 Å². The molecule has 0 aliphatic carbocycles. The number of nitrogens with zero attached hydrogens (tertiary/aromatic N) is 4. The lowest BCUT2D eigenvalue weighted by atomic mass is 10.0. The van der Waals surface area contributed by atoms with E-state index in [1.165, 1.54) is 24.1 Å². The molecule has 230 valence electrons. The van der Waals surface area contributed by atoms with Crippen molar-refractivity contribution in [2.45, 2.75) is 12.8 Å². The van der Waals surface area contributed by atoms with Crippen molar-refractivity contribution >= 4 is 38.8 Å². The maximum Gasteiger partial charge on any atom is 0.254 e. The molecule has 0 bridgehead atoms. The standard InChI is InChI=1S/C33H30FN5O5S/c1-44-30-20-25(32(41)38-14-16-45(42,43)17-15-38)8-12-29(30)35-33-36-31-13-9-26(21-39(31)37-33)24-6-2-22(3-7-24)18-28(40)19-23-4-10-27(34)11-5-23/h2-13,20-21H,14-19H2,1H3,(H,35,37). The Kier molecular flexibility index (Phi) is 8.31. The molecule has 3 aromatic carbocycles. The van der Waals surface area contributed by atoms with Crippen LogP contribution in [0.4, 0.5) is 16.0 Å². The van der Waals surface area contributed by atoms with E-state index in [2.05, 4.69) is 15.4 Å². The lowest BCUT2D eigenvalue weighted by Crippen LogP contribution is -2.43. The molecule has 1 aliphatic rings. The monoisotopic (exact) mass is 627 g/mol. The third kappa shape index (κ3) is 7.01. The van der Waals surface area contributed by atoms with E-state index in [1.807, 2.05) is 42.6 Å². The van der Waals surface area contributed by atoms with Crippen LogP contribution < -0.4 is 10.1 Å². The number of amides is 1. The van der Waals surface area contributed by atoms with Crippen molar-refractivity contribution in [2.24, 2.45) is 0 Å². The van der Waals surface area contributed by atoms with E-state index < -0.39 is 9.84 Å². The van der Waals surface area contributed by atoms with Gasteiger partial charge in [0, 0.05) is 43.3 Å². The van der Waals surface area contributed by atoms with Crippen LogP contribution in [0.25, 0.3) is 16.8 Å². The molecule has 1 amide bonds. The van der Waals surface area contributed by atoms with Crippen LogP contribution in [0.2, 0.25) is 0 Å². The number of hydrogen-bond donors (Lipinski definition) is 1. The van der Waals surface area contributed by atoms with Gasteiger partial charge in [0.2, 0.25) is 5.95 Å². The predicted octanol–water partition coefficient (Wildman–Crippen LogP) is 4.51. The topological polar surface area (TPSA) is 123 Å². The highest BCUT2D eigenvalue weighted by atomic mass is 32.2. The molecule has 0 spiro atoms. The number of benzene rings is 3. The van der Waals surface area contributed by atoms with Crippen molar-refractivity contribution < 1.29 is 27.1 Å². The SMILES string of the molecule is COc1cc(C(=O)N2CCS(=O)(=O)CC2)ccc1Nc1nc2ccc(-c3ccc(CC(=O)Cc4ccc(F)cc4)cc3)cn2n1. The van der Waals surface area contributed by atoms with Gasteiger partial charge in [-0.2, -0.15) is 4.98 Å². The third-order valence-corrected chi connectivity index (χ3v) is 9.27. The highest BCUT2D eigenvalue weighted by Crippen LogP contribution is 2.29. The summed E-state index contributed by atoms with van der Waals surface area (Å²) in [7, 11) is -1.60. The number of fused-ring (bicyclic) bond motifs is 1. The molecule has 0 saturated carbocycles. The van der Waals surface area contributed by atoms with E-state index in [9.17, 15) is 22.4 Å². The second-order valence-electron chi connectivity index (χ2n) is 10.9. The lowest BCUT2D eigenvalue weighted by Gasteiger charge is -2.27. The number of hydrogen-bond acceptors (Lipinski definition) is 8. The summed E-state index contributed by atoms with van der Waals surface area (Å²) in [4.78, 5) is 31.5. The fraction of sp³-hybridized carbons (Fsp3) is 0.212. The molecule has 0 unspecified atom stereocenters. The Hall–Kier alpha value is -5.10. The Labute approximate surface area is 259 Å². The first-order valence-corrected chi connectivity index (χ1v) is 16.1. The Balaban J connectivity index is 1.12. The minimum atomic E-state index is -3.10. The number of ether oxygens (including phenoxy) is 1. The first kappa shape index (κ1) is 29.9. The summed E-state index contributed by atoms with van der Waals surface area (Å²) in [6, 6.07) is 22.5. The molecule has 1 fully saturated rings. The van der Waals surface area contributed by atoms with Crippen LogP contribution in [0.15, 0.2) is 85.1 Å².